The van der Waals surface area contributed by atoms with Gasteiger partial charge in [0.1, 0.15) is 15.6 Å². The quantitative estimate of drug-likeness (QED) is 0.805. The van der Waals surface area contributed by atoms with Gasteiger partial charge in [-0.15, -0.1) is 0 Å². The second-order valence-corrected chi connectivity index (χ2v) is 7.32. The molecule has 1 aromatic carbocycles. The Hall–Kier alpha value is -1.07. The van der Waals surface area contributed by atoms with E-state index in [0.29, 0.717) is 12.3 Å². The van der Waals surface area contributed by atoms with Crippen LogP contribution in [0.4, 0.5) is 0 Å². The second kappa shape index (κ2) is 6.39. The highest BCUT2D eigenvalue weighted by molar-refractivity contribution is 7.90. The van der Waals surface area contributed by atoms with Gasteiger partial charge in [-0.1, -0.05) is 18.2 Å². The number of nitrogens with one attached hydrogen (secondary N) is 1. The summed E-state index contributed by atoms with van der Waals surface area (Å²) >= 11 is 0. The zero-order valence-electron chi connectivity index (χ0n) is 11.3. The van der Waals surface area contributed by atoms with Crippen LogP contribution in [-0.4, -0.2) is 40.1 Å². The molecular formula is C14H21NO3S. The van der Waals surface area contributed by atoms with Gasteiger partial charge in [-0.25, -0.2) is 8.42 Å². The molecule has 19 heavy (non-hydrogen) atoms. The van der Waals surface area contributed by atoms with Crippen molar-refractivity contribution < 1.29 is 13.2 Å². The first-order valence-electron chi connectivity index (χ1n) is 6.66. The van der Waals surface area contributed by atoms with Crippen molar-refractivity contribution in [3.05, 3.63) is 29.8 Å². The number of hydrogen-bond donors (Lipinski definition) is 1. The third kappa shape index (κ3) is 4.51. The number of fused-ring (bicyclic) bond motifs is 1. The summed E-state index contributed by atoms with van der Waals surface area (Å²) in [6.07, 6.45) is 2.96. The monoisotopic (exact) mass is 283 g/mol. The average Bonchev–Trinajstić information content (AvgIpc) is 2.37. The molecule has 106 valence electrons. The Labute approximate surface area is 115 Å². The summed E-state index contributed by atoms with van der Waals surface area (Å²) < 4.78 is 27.6. The fourth-order valence-electron chi connectivity index (χ4n) is 2.36. The highest BCUT2D eigenvalue weighted by atomic mass is 32.2. The summed E-state index contributed by atoms with van der Waals surface area (Å²) in [5.41, 5.74) is 1.25. The van der Waals surface area contributed by atoms with Crippen LogP contribution in [0.15, 0.2) is 24.3 Å². The van der Waals surface area contributed by atoms with E-state index in [1.165, 1.54) is 11.8 Å². The number of rotatable bonds is 6. The van der Waals surface area contributed by atoms with Gasteiger partial charge in [0.2, 0.25) is 0 Å². The molecule has 0 saturated heterocycles. The van der Waals surface area contributed by atoms with Crippen LogP contribution in [0.25, 0.3) is 0 Å². The van der Waals surface area contributed by atoms with E-state index in [4.69, 9.17) is 4.74 Å². The van der Waals surface area contributed by atoms with E-state index in [1.54, 1.807) is 0 Å². The van der Waals surface area contributed by atoms with Crippen molar-refractivity contribution in [1.82, 2.24) is 5.32 Å². The molecule has 4 nitrogen and oxygen atoms in total. The van der Waals surface area contributed by atoms with Crippen LogP contribution in [0.2, 0.25) is 0 Å². The Morgan fingerprint density at radius 2 is 2.16 bits per heavy atom. The molecule has 2 rings (SSSR count). The van der Waals surface area contributed by atoms with E-state index >= 15 is 0 Å². The van der Waals surface area contributed by atoms with Crippen LogP contribution in [0.1, 0.15) is 24.3 Å². The Morgan fingerprint density at radius 3 is 2.95 bits per heavy atom. The van der Waals surface area contributed by atoms with Crippen LogP contribution >= 0.6 is 0 Å². The molecule has 0 spiro atoms. The Morgan fingerprint density at radius 1 is 1.37 bits per heavy atom. The van der Waals surface area contributed by atoms with E-state index in [-0.39, 0.29) is 5.75 Å². The number of para-hydroxylation sites is 1. The average molecular weight is 283 g/mol. The van der Waals surface area contributed by atoms with Gasteiger partial charge in [-0.3, -0.25) is 0 Å². The van der Waals surface area contributed by atoms with Gasteiger partial charge in [0, 0.05) is 18.7 Å². The molecule has 0 aliphatic carbocycles. The predicted octanol–water partition coefficient (Wildman–Crippen LogP) is 1.58. The molecule has 1 unspecified atom stereocenters. The lowest BCUT2D eigenvalue weighted by atomic mass is 9.93. The molecule has 1 heterocycles. The number of benzene rings is 1. The number of hydrogen-bond acceptors (Lipinski definition) is 4. The molecular weight excluding hydrogens is 262 g/mol. The van der Waals surface area contributed by atoms with E-state index < -0.39 is 9.84 Å². The third-order valence-electron chi connectivity index (χ3n) is 3.34. The maximum absolute atomic E-state index is 11.0. The van der Waals surface area contributed by atoms with Crippen molar-refractivity contribution in [3.8, 4) is 5.75 Å². The van der Waals surface area contributed by atoms with Gasteiger partial charge in [0.05, 0.1) is 12.4 Å². The van der Waals surface area contributed by atoms with Crippen LogP contribution in [0.5, 0.6) is 5.75 Å². The molecule has 1 atom stereocenters. The SMILES string of the molecule is CS(=O)(=O)CCCNCC1CCOc2ccccc21. The topological polar surface area (TPSA) is 55.4 Å². The van der Waals surface area contributed by atoms with E-state index in [1.807, 2.05) is 18.2 Å². The first kappa shape index (κ1) is 14.3. The maximum atomic E-state index is 11.0. The van der Waals surface area contributed by atoms with E-state index in [0.717, 1.165) is 31.9 Å². The summed E-state index contributed by atoms with van der Waals surface area (Å²) in [5.74, 6) is 1.70. The second-order valence-electron chi connectivity index (χ2n) is 5.06. The molecule has 1 aromatic rings. The summed E-state index contributed by atoms with van der Waals surface area (Å²) in [7, 11) is -2.84. The van der Waals surface area contributed by atoms with Crippen molar-refractivity contribution in [2.24, 2.45) is 0 Å². The fraction of sp³-hybridized carbons (Fsp3) is 0.571. The van der Waals surface area contributed by atoms with Gasteiger partial charge in [0.25, 0.3) is 0 Å². The zero-order valence-corrected chi connectivity index (χ0v) is 12.1. The molecule has 0 fully saturated rings. The molecule has 0 saturated carbocycles. The molecule has 1 aliphatic rings. The molecule has 5 heteroatoms. The minimum Gasteiger partial charge on any atom is -0.493 e. The lowest BCUT2D eigenvalue weighted by Crippen LogP contribution is -2.27. The molecule has 0 radical (unpaired) electrons. The molecule has 0 amide bonds. The normalized spacial score (nSPS) is 18.7. The summed E-state index contributed by atoms with van der Waals surface area (Å²) in [5, 5.41) is 3.35. The van der Waals surface area contributed by atoms with E-state index in [2.05, 4.69) is 11.4 Å². The molecule has 0 bridgehead atoms. The fourth-order valence-corrected chi connectivity index (χ4v) is 3.03. The summed E-state index contributed by atoms with van der Waals surface area (Å²) in [4.78, 5) is 0. The Kier molecular flexibility index (Phi) is 4.82. The first-order valence-corrected chi connectivity index (χ1v) is 8.72. The Balaban J connectivity index is 1.78. The van der Waals surface area contributed by atoms with Crippen molar-refractivity contribution >= 4 is 9.84 Å². The van der Waals surface area contributed by atoms with Crippen LogP contribution < -0.4 is 10.1 Å². The number of ether oxygens (including phenoxy) is 1. The lowest BCUT2D eigenvalue weighted by Gasteiger charge is -2.26. The van der Waals surface area contributed by atoms with Crippen LogP contribution in [-0.2, 0) is 9.84 Å². The van der Waals surface area contributed by atoms with Crippen molar-refractivity contribution in [2.45, 2.75) is 18.8 Å². The van der Waals surface area contributed by atoms with Gasteiger partial charge in [-0.05, 0) is 31.0 Å². The largest absolute Gasteiger partial charge is 0.493 e. The molecule has 0 aromatic heterocycles. The van der Waals surface area contributed by atoms with Gasteiger partial charge < -0.3 is 10.1 Å². The smallest absolute Gasteiger partial charge is 0.147 e. The molecule has 1 aliphatic heterocycles. The van der Waals surface area contributed by atoms with Crippen LogP contribution in [0.3, 0.4) is 0 Å². The lowest BCUT2D eigenvalue weighted by molar-refractivity contribution is 0.265. The zero-order chi connectivity index (χ0) is 13.7. The summed E-state index contributed by atoms with van der Waals surface area (Å²) in [6.45, 7) is 2.38. The van der Waals surface area contributed by atoms with Gasteiger partial charge in [0.15, 0.2) is 0 Å². The predicted molar refractivity (Wildman–Crippen MR) is 76.5 cm³/mol. The van der Waals surface area contributed by atoms with E-state index in [9.17, 15) is 8.42 Å². The summed E-state index contributed by atoms with van der Waals surface area (Å²) in [6, 6.07) is 8.13. The highest BCUT2D eigenvalue weighted by Crippen LogP contribution is 2.32. The van der Waals surface area contributed by atoms with Gasteiger partial charge >= 0.3 is 0 Å². The number of sulfone groups is 1. The highest BCUT2D eigenvalue weighted by Gasteiger charge is 2.20. The van der Waals surface area contributed by atoms with Crippen molar-refractivity contribution in [3.63, 3.8) is 0 Å². The minimum atomic E-state index is -2.84. The Bertz CT molecular complexity index is 513. The maximum Gasteiger partial charge on any atom is 0.147 e. The third-order valence-corrected chi connectivity index (χ3v) is 4.37. The van der Waals surface area contributed by atoms with Crippen LogP contribution in [0, 0.1) is 0 Å². The van der Waals surface area contributed by atoms with Crippen molar-refractivity contribution in [2.75, 3.05) is 31.7 Å². The minimum absolute atomic E-state index is 0.254. The van der Waals surface area contributed by atoms with Crippen molar-refractivity contribution in [1.29, 1.82) is 0 Å². The van der Waals surface area contributed by atoms with Gasteiger partial charge in [-0.2, -0.15) is 0 Å². The standard InChI is InChI=1S/C14H21NO3S/c1-19(16,17)10-4-8-15-11-12-7-9-18-14-6-3-2-5-13(12)14/h2-3,5-6,12,15H,4,7-11H2,1H3. The first-order chi connectivity index (χ1) is 9.06. The molecule has 1 N–H and O–H groups in total.